The van der Waals surface area contributed by atoms with E-state index in [4.69, 9.17) is 0 Å². The molecule has 1 aliphatic carbocycles. The van der Waals surface area contributed by atoms with E-state index in [2.05, 4.69) is 10.2 Å². The average molecular weight is 184 g/mol. The summed E-state index contributed by atoms with van der Waals surface area (Å²) in [6.07, 6.45) is 2.06. The summed E-state index contributed by atoms with van der Waals surface area (Å²) in [5, 5.41) is 6.71. The largest absolute Gasteiger partial charge is 0.288 e. The molecule has 1 aromatic carbocycles. The summed E-state index contributed by atoms with van der Waals surface area (Å²) in [6.45, 7) is 0. The molecule has 0 atom stereocenters. The monoisotopic (exact) mass is 184 g/mol. The predicted octanol–water partition coefficient (Wildman–Crippen LogP) is 1.34. The van der Waals surface area contributed by atoms with Gasteiger partial charge in [-0.25, -0.2) is 0 Å². The molecule has 0 unspecified atom stereocenters. The third kappa shape index (κ3) is 0.865. The number of nitrogens with zero attached hydrogens (tertiary/aromatic N) is 1. The Bertz CT molecular complexity index is 557. The quantitative estimate of drug-likeness (QED) is 0.573. The Kier molecular flexibility index (Phi) is 1.36. The van der Waals surface area contributed by atoms with Crippen LogP contribution in [0.3, 0.4) is 0 Å². The normalized spacial score (nSPS) is 12.3. The second-order valence-corrected chi connectivity index (χ2v) is 3.42. The highest BCUT2D eigenvalue weighted by atomic mass is 16.1. The van der Waals surface area contributed by atoms with Crippen molar-refractivity contribution in [2.24, 2.45) is 0 Å². The van der Waals surface area contributed by atoms with Gasteiger partial charge < -0.3 is 0 Å². The van der Waals surface area contributed by atoms with Crippen LogP contribution in [0, 0.1) is 0 Å². The summed E-state index contributed by atoms with van der Waals surface area (Å²) < 4.78 is 0. The Morgan fingerprint density at radius 2 is 2.14 bits per heavy atom. The summed E-state index contributed by atoms with van der Waals surface area (Å²) in [6, 6.07) is 8.02. The molecule has 14 heavy (non-hydrogen) atoms. The molecule has 0 fully saturated rings. The summed E-state index contributed by atoms with van der Waals surface area (Å²) >= 11 is 0. The molecule has 3 heteroatoms. The van der Waals surface area contributed by atoms with Crippen LogP contribution in [0.5, 0.6) is 0 Å². The van der Waals surface area contributed by atoms with Crippen molar-refractivity contribution in [2.45, 2.75) is 6.42 Å². The number of fused-ring (bicyclic) bond motifs is 3. The lowest BCUT2D eigenvalue weighted by Crippen LogP contribution is -2.08. The molecule has 1 heterocycles. The second-order valence-electron chi connectivity index (χ2n) is 3.42. The van der Waals surface area contributed by atoms with E-state index in [0.717, 1.165) is 23.2 Å². The lowest BCUT2D eigenvalue weighted by Gasteiger charge is -1.97. The van der Waals surface area contributed by atoms with Gasteiger partial charge in [-0.3, -0.25) is 9.89 Å². The van der Waals surface area contributed by atoms with E-state index in [1.54, 1.807) is 0 Å². The zero-order valence-corrected chi connectivity index (χ0v) is 7.45. The van der Waals surface area contributed by atoms with Crippen molar-refractivity contribution in [1.29, 1.82) is 0 Å². The van der Waals surface area contributed by atoms with Crippen molar-refractivity contribution >= 4 is 0 Å². The summed E-state index contributed by atoms with van der Waals surface area (Å²) in [4.78, 5) is 11.5. The molecule has 68 valence electrons. The molecule has 0 radical (unpaired) electrons. The molecular weight excluding hydrogens is 176 g/mol. The van der Waals surface area contributed by atoms with Crippen LogP contribution in [-0.2, 0) is 6.42 Å². The molecular formula is C11H8N2O. The summed E-state index contributed by atoms with van der Waals surface area (Å²) in [5.74, 6) is 0. The first-order valence-corrected chi connectivity index (χ1v) is 4.51. The highest BCUT2D eigenvalue weighted by Crippen LogP contribution is 2.31. The molecule has 0 bridgehead atoms. The smallest absolute Gasteiger partial charge is 0.204 e. The molecule has 0 saturated carbocycles. The van der Waals surface area contributed by atoms with Gasteiger partial charge in [-0.05, 0) is 5.56 Å². The SMILES string of the molecule is O=c1cn[nH]c2c1Cc1ccccc1-2. The Hall–Kier alpha value is -1.90. The van der Waals surface area contributed by atoms with Gasteiger partial charge in [-0.15, -0.1) is 0 Å². The lowest BCUT2D eigenvalue weighted by molar-refractivity contribution is 1.01. The number of aromatic amines is 1. The van der Waals surface area contributed by atoms with Crippen LogP contribution in [0.25, 0.3) is 11.3 Å². The fraction of sp³-hybridized carbons (Fsp3) is 0.0909. The van der Waals surface area contributed by atoms with Crippen molar-refractivity contribution < 1.29 is 0 Å². The third-order valence-electron chi connectivity index (χ3n) is 2.61. The van der Waals surface area contributed by atoms with Crippen molar-refractivity contribution in [1.82, 2.24) is 10.2 Å². The molecule has 0 saturated heterocycles. The standard InChI is InChI=1S/C11H8N2O/c14-10-6-12-13-11-8-4-2-1-3-7(8)5-9(10)11/h1-4,6H,5H2,(H,13,14). The topological polar surface area (TPSA) is 45.8 Å². The van der Waals surface area contributed by atoms with Crippen molar-refractivity contribution in [3.05, 3.63) is 51.8 Å². The molecule has 0 spiro atoms. The number of hydrogen-bond donors (Lipinski definition) is 1. The van der Waals surface area contributed by atoms with Gasteiger partial charge in [0.2, 0.25) is 5.43 Å². The van der Waals surface area contributed by atoms with E-state index in [1.165, 1.54) is 11.8 Å². The van der Waals surface area contributed by atoms with Crippen molar-refractivity contribution in [2.75, 3.05) is 0 Å². The maximum Gasteiger partial charge on any atom is 0.204 e. The van der Waals surface area contributed by atoms with Crippen LogP contribution in [0.2, 0.25) is 0 Å². The van der Waals surface area contributed by atoms with E-state index < -0.39 is 0 Å². The fourth-order valence-electron chi connectivity index (χ4n) is 1.93. The fourth-order valence-corrected chi connectivity index (χ4v) is 1.93. The molecule has 2 aromatic rings. The van der Waals surface area contributed by atoms with Gasteiger partial charge in [0.15, 0.2) is 0 Å². The van der Waals surface area contributed by atoms with E-state index >= 15 is 0 Å². The maximum atomic E-state index is 11.5. The number of benzene rings is 1. The van der Waals surface area contributed by atoms with Crippen LogP contribution in [0.1, 0.15) is 11.1 Å². The minimum atomic E-state index is 0.0231. The van der Waals surface area contributed by atoms with Gasteiger partial charge in [-0.1, -0.05) is 24.3 Å². The highest BCUT2D eigenvalue weighted by Gasteiger charge is 2.20. The van der Waals surface area contributed by atoms with Crippen LogP contribution in [0.15, 0.2) is 35.3 Å². The Morgan fingerprint density at radius 1 is 1.29 bits per heavy atom. The highest BCUT2D eigenvalue weighted by molar-refractivity contribution is 5.72. The van der Waals surface area contributed by atoms with Gasteiger partial charge in [-0.2, -0.15) is 5.10 Å². The van der Waals surface area contributed by atoms with E-state index in [-0.39, 0.29) is 5.43 Å². The zero-order valence-electron chi connectivity index (χ0n) is 7.45. The van der Waals surface area contributed by atoms with E-state index in [0.29, 0.717) is 0 Å². The first kappa shape index (κ1) is 7.50. The van der Waals surface area contributed by atoms with Crippen molar-refractivity contribution in [3.8, 4) is 11.3 Å². The maximum absolute atomic E-state index is 11.5. The minimum Gasteiger partial charge on any atom is -0.288 e. The molecule has 1 aliphatic rings. The van der Waals surface area contributed by atoms with Gasteiger partial charge in [0.1, 0.15) is 0 Å². The Labute approximate surface area is 80.4 Å². The molecule has 1 N–H and O–H groups in total. The number of nitrogens with one attached hydrogen (secondary N) is 1. The molecule has 0 aliphatic heterocycles. The number of rotatable bonds is 0. The Balaban J connectivity index is 2.38. The number of H-pyrrole nitrogens is 1. The molecule has 0 amide bonds. The number of hydrogen-bond acceptors (Lipinski definition) is 2. The Morgan fingerprint density at radius 3 is 3.07 bits per heavy atom. The third-order valence-corrected chi connectivity index (χ3v) is 2.61. The summed E-state index contributed by atoms with van der Waals surface area (Å²) in [5.41, 5.74) is 4.04. The lowest BCUT2D eigenvalue weighted by atomic mass is 10.1. The van der Waals surface area contributed by atoms with Gasteiger partial charge in [0.25, 0.3) is 0 Å². The molecule has 3 nitrogen and oxygen atoms in total. The zero-order chi connectivity index (χ0) is 9.54. The van der Waals surface area contributed by atoms with Gasteiger partial charge in [0, 0.05) is 17.5 Å². The summed E-state index contributed by atoms with van der Waals surface area (Å²) in [7, 11) is 0. The van der Waals surface area contributed by atoms with Crippen LogP contribution in [-0.4, -0.2) is 10.2 Å². The van der Waals surface area contributed by atoms with E-state index in [9.17, 15) is 4.79 Å². The second kappa shape index (κ2) is 2.54. The minimum absolute atomic E-state index is 0.0231. The van der Waals surface area contributed by atoms with Crippen LogP contribution in [0.4, 0.5) is 0 Å². The molecule has 3 rings (SSSR count). The van der Waals surface area contributed by atoms with Gasteiger partial charge in [0.05, 0.1) is 11.9 Å². The van der Waals surface area contributed by atoms with Crippen molar-refractivity contribution in [3.63, 3.8) is 0 Å². The van der Waals surface area contributed by atoms with Crippen LogP contribution >= 0.6 is 0 Å². The first-order chi connectivity index (χ1) is 6.86. The van der Waals surface area contributed by atoms with Crippen LogP contribution < -0.4 is 5.43 Å². The van der Waals surface area contributed by atoms with Gasteiger partial charge >= 0.3 is 0 Å². The number of aromatic nitrogens is 2. The predicted molar refractivity (Wildman–Crippen MR) is 53.1 cm³/mol. The average Bonchev–Trinajstić information content (AvgIpc) is 2.59. The van der Waals surface area contributed by atoms with E-state index in [1.807, 2.05) is 24.3 Å². The molecule has 1 aromatic heterocycles. The first-order valence-electron chi connectivity index (χ1n) is 4.51.